The topological polar surface area (TPSA) is 76.1 Å². The van der Waals surface area contributed by atoms with E-state index in [1.165, 1.54) is 60.9 Å². The van der Waals surface area contributed by atoms with Crippen LogP contribution in [0.1, 0.15) is 15.9 Å². The van der Waals surface area contributed by atoms with Crippen LogP contribution < -0.4 is 9.64 Å². The monoisotopic (exact) mass is 401 g/mol. The second kappa shape index (κ2) is 8.64. The van der Waals surface area contributed by atoms with Crippen LogP contribution in [0.4, 0.5) is 20.6 Å². The highest BCUT2D eigenvalue weighted by molar-refractivity contribution is 7.08. The first-order valence-corrected chi connectivity index (χ1v) is 9.07. The highest BCUT2D eigenvalue weighted by Crippen LogP contribution is 2.32. The number of carboxylic acid groups (broad SMARTS) is 1. The molecular weight excluding hydrogens is 385 g/mol. The Balaban J connectivity index is 2.07. The summed E-state index contributed by atoms with van der Waals surface area (Å²) in [6.45, 7) is -0.0656. The molecule has 0 aliphatic carbocycles. The lowest BCUT2D eigenvalue weighted by Gasteiger charge is -2.21. The maximum atomic E-state index is 13.2. The molecule has 1 heterocycles. The molecule has 1 aromatic heterocycles. The van der Waals surface area contributed by atoms with Crippen LogP contribution in [0.25, 0.3) is 0 Å². The minimum Gasteiger partial charge on any atom is -0.467 e. The van der Waals surface area contributed by atoms with Crippen molar-refractivity contribution in [2.24, 2.45) is 0 Å². The van der Waals surface area contributed by atoms with E-state index < -0.39 is 11.9 Å². The lowest BCUT2D eigenvalue weighted by molar-refractivity contribution is 0.0503. The van der Waals surface area contributed by atoms with Crippen molar-refractivity contribution < 1.29 is 28.6 Å². The van der Waals surface area contributed by atoms with E-state index in [4.69, 9.17) is 9.47 Å². The molecule has 0 saturated carbocycles. The van der Waals surface area contributed by atoms with Crippen molar-refractivity contribution in [2.75, 3.05) is 18.8 Å². The highest BCUT2D eigenvalue weighted by Gasteiger charge is 2.22. The van der Waals surface area contributed by atoms with Gasteiger partial charge in [-0.15, -0.1) is 0 Å². The number of nitrogens with zero attached hydrogens (tertiary/aromatic N) is 1. The maximum absolute atomic E-state index is 13.2. The van der Waals surface area contributed by atoms with Crippen molar-refractivity contribution in [1.82, 2.24) is 0 Å². The molecular formula is C20H16FNO5S. The Bertz CT molecular complexity index is 973. The first kappa shape index (κ1) is 19.5. The van der Waals surface area contributed by atoms with E-state index in [-0.39, 0.29) is 35.3 Å². The second-order valence-corrected chi connectivity index (χ2v) is 6.45. The molecule has 144 valence electrons. The molecule has 0 bridgehead atoms. The average Bonchev–Trinajstić information content (AvgIpc) is 3.22. The van der Waals surface area contributed by atoms with Crippen molar-refractivity contribution >= 4 is 34.6 Å². The summed E-state index contributed by atoms with van der Waals surface area (Å²) in [5.74, 6) is -0.518. The van der Waals surface area contributed by atoms with Crippen molar-refractivity contribution in [3.05, 3.63) is 76.2 Å². The van der Waals surface area contributed by atoms with Crippen LogP contribution in [0.5, 0.6) is 5.75 Å². The number of halogens is 1. The number of anilines is 2. The molecule has 3 rings (SSSR count). The molecule has 0 aliphatic rings. The molecule has 6 nitrogen and oxygen atoms in total. The van der Waals surface area contributed by atoms with Crippen LogP contribution in [-0.2, 0) is 4.74 Å². The summed E-state index contributed by atoms with van der Waals surface area (Å²) in [5.41, 5.74) is 1.13. The van der Waals surface area contributed by atoms with Gasteiger partial charge in [-0.1, -0.05) is 0 Å². The third-order valence-electron chi connectivity index (χ3n) is 3.86. The Hall–Kier alpha value is -3.23. The number of thiophene rings is 1. The SMILES string of the molecule is COCOc1ccc(N(C(=O)O)c2ccc(F)cc2)cc1C(=O)c1ccsc1. The number of ether oxygens (including phenoxy) is 2. The number of rotatable bonds is 7. The van der Waals surface area contributed by atoms with E-state index in [1.54, 1.807) is 16.8 Å². The third kappa shape index (κ3) is 4.19. The number of carbonyl (C=O) groups is 2. The summed E-state index contributed by atoms with van der Waals surface area (Å²) < 4.78 is 23.6. The van der Waals surface area contributed by atoms with E-state index in [2.05, 4.69) is 0 Å². The summed E-state index contributed by atoms with van der Waals surface area (Å²) in [4.78, 5) is 25.7. The zero-order valence-electron chi connectivity index (χ0n) is 14.8. The molecule has 0 radical (unpaired) electrons. The first-order valence-electron chi connectivity index (χ1n) is 8.12. The second-order valence-electron chi connectivity index (χ2n) is 5.67. The number of amides is 1. The minimum atomic E-state index is -1.27. The Labute approximate surface area is 164 Å². The Morgan fingerprint density at radius 3 is 2.43 bits per heavy atom. The predicted octanol–water partition coefficient (Wildman–Crippen LogP) is 4.92. The molecule has 1 N–H and O–H groups in total. The zero-order valence-corrected chi connectivity index (χ0v) is 15.6. The van der Waals surface area contributed by atoms with Gasteiger partial charge in [0.1, 0.15) is 11.6 Å². The number of methoxy groups -OCH3 is 1. The lowest BCUT2D eigenvalue weighted by atomic mass is 10.0. The normalized spacial score (nSPS) is 10.5. The predicted molar refractivity (Wildman–Crippen MR) is 103 cm³/mol. The van der Waals surface area contributed by atoms with Gasteiger partial charge >= 0.3 is 6.09 Å². The molecule has 3 aromatic rings. The largest absolute Gasteiger partial charge is 0.467 e. The maximum Gasteiger partial charge on any atom is 0.416 e. The molecule has 0 unspecified atom stereocenters. The van der Waals surface area contributed by atoms with Gasteiger partial charge in [-0.05, 0) is 53.9 Å². The van der Waals surface area contributed by atoms with Crippen molar-refractivity contribution in [3.63, 3.8) is 0 Å². The fourth-order valence-electron chi connectivity index (χ4n) is 2.59. The summed E-state index contributed by atoms with van der Waals surface area (Å²) in [6.07, 6.45) is -1.27. The number of carbonyl (C=O) groups excluding carboxylic acids is 1. The standard InChI is InChI=1S/C20H16FNO5S/c1-26-12-27-18-7-6-16(10-17(18)19(23)13-8-9-28-11-13)22(20(24)25)15-4-2-14(21)3-5-15/h2-11H,12H2,1H3,(H,24,25). The molecule has 0 aliphatic heterocycles. The van der Waals surface area contributed by atoms with E-state index in [0.717, 1.165) is 4.90 Å². The average molecular weight is 401 g/mol. The molecule has 2 aromatic carbocycles. The number of hydrogen-bond acceptors (Lipinski definition) is 5. The summed E-state index contributed by atoms with van der Waals surface area (Å²) >= 11 is 1.37. The Kier molecular flexibility index (Phi) is 6.03. The summed E-state index contributed by atoms with van der Waals surface area (Å²) in [5, 5.41) is 13.1. The molecule has 0 fully saturated rings. The molecule has 28 heavy (non-hydrogen) atoms. The van der Waals surface area contributed by atoms with Crippen LogP contribution in [0, 0.1) is 5.82 Å². The van der Waals surface area contributed by atoms with Gasteiger partial charge in [-0.2, -0.15) is 11.3 Å². The van der Waals surface area contributed by atoms with E-state index >= 15 is 0 Å². The minimum absolute atomic E-state index is 0.0656. The van der Waals surface area contributed by atoms with Gasteiger partial charge in [0.25, 0.3) is 0 Å². The third-order valence-corrected chi connectivity index (χ3v) is 4.54. The highest BCUT2D eigenvalue weighted by atomic mass is 32.1. The van der Waals surface area contributed by atoms with Gasteiger partial charge in [0, 0.05) is 18.1 Å². The number of ketones is 1. The van der Waals surface area contributed by atoms with Gasteiger partial charge in [0.05, 0.1) is 16.9 Å². The van der Waals surface area contributed by atoms with Crippen molar-refractivity contribution in [1.29, 1.82) is 0 Å². The van der Waals surface area contributed by atoms with E-state index in [9.17, 15) is 19.1 Å². The molecule has 1 amide bonds. The van der Waals surface area contributed by atoms with Crippen molar-refractivity contribution in [3.8, 4) is 5.75 Å². The van der Waals surface area contributed by atoms with Gasteiger partial charge in [0.15, 0.2) is 12.6 Å². The Morgan fingerprint density at radius 1 is 1.11 bits per heavy atom. The summed E-state index contributed by atoms with van der Waals surface area (Å²) in [6, 6.07) is 11.1. The quantitative estimate of drug-likeness (QED) is 0.449. The van der Waals surface area contributed by atoms with Crippen LogP contribution >= 0.6 is 11.3 Å². The van der Waals surface area contributed by atoms with Crippen LogP contribution in [-0.4, -0.2) is 30.9 Å². The van der Waals surface area contributed by atoms with Crippen molar-refractivity contribution in [2.45, 2.75) is 0 Å². The van der Waals surface area contributed by atoms with Gasteiger partial charge in [-0.3, -0.25) is 4.79 Å². The Morgan fingerprint density at radius 2 is 1.82 bits per heavy atom. The smallest absolute Gasteiger partial charge is 0.416 e. The van der Waals surface area contributed by atoms with Crippen LogP contribution in [0.15, 0.2) is 59.3 Å². The van der Waals surface area contributed by atoms with Gasteiger partial charge in [0.2, 0.25) is 0 Å². The molecule has 0 spiro atoms. The van der Waals surface area contributed by atoms with Crippen LogP contribution in [0.2, 0.25) is 0 Å². The number of hydrogen-bond donors (Lipinski definition) is 1. The molecule has 0 atom stereocenters. The fourth-order valence-corrected chi connectivity index (χ4v) is 3.23. The van der Waals surface area contributed by atoms with E-state index in [0.29, 0.717) is 5.56 Å². The fraction of sp³-hybridized carbons (Fsp3) is 0.100. The molecule has 0 saturated heterocycles. The number of benzene rings is 2. The van der Waals surface area contributed by atoms with E-state index in [1.807, 2.05) is 0 Å². The summed E-state index contributed by atoms with van der Waals surface area (Å²) in [7, 11) is 1.45. The molecule has 8 heteroatoms. The zero-order chi connectivity index (χ0) is 20.1. The van der Waals surface area contributed by atoms with Crippen LogP contribution in [0.3, 0.4) is 0 Å². The lowest BCUT2D eigenvalue weighted by Crippen LogP contribution is -2.24. The van der Waals surface area contributed by atoms with Gasteiger partial charge < -0.3 is 14.6 Å². The van der Waals surface area contributed by atoms with Gasteiger partial charge in [-0.25, -0.2) is 14.1 Å². The first-order chi connectivity index (χ1) is 13.5.